The molecule has 0 saturated carbocycles. The van der Waals surface area contributed by atoms with Gasteiger partial charge in [0, 0.05) is 0 Å². The second-order valence-corrected chi connectivity index (χ2v) is 29.5. The second kappa shape index (κ2) is 18.7. The van der Waals surface area contributed by atoms with Crippen molar-refractivity contribution in [1.29, 1.82) is 0 Å². The van der Waals surface area contributed by atoms with Crippen LogP contribution in [0.4, 0.5) is 0 Å². The zero-order valence-corrected chi connectivity index (χ0v) is 41.5. The zero-order chi connectivity index (χ0) is 43.4. The summed E-state index contributed by atoms with van der Waals surface area (Å²) in [6.07, 6.45) is 0. The number of benzene rings is 8. The van der Waals surface area contributed by atoms with Crippen LogP contribution in [0.2, 0.25) is 0 Å². The average Bonchev–Trinajstić information content (AvgIpc) is 3.98. The molecular weight excluding hydrogens is 958 g/mol. The average molecular weight is 1010 g/mol. The van der Waals surface area contributed by atoms with E-state index in [4.69, 9.17) is 17.2 Å². The Labute approximate surface area is 382 Å². The Hall–Kier alpha value is -5.18. The number of hydrogen-bond donors (Lipinski definition) is 0. The third-order valence-electron chi connectivity index (χ3n) is 11.6. The van der Waals surface area contributed by atoms with Crippen molar-refractivity contribution in [1.82, 2.24) is 0 Å². The fourth-order valence-electron chi connectivity index (χ4n) is 8.46. The Morgan fingerprint density at radius 2 is 0.806 bits per heavy atom. The van der Waals surface area contributed by atoms with Gasteiger partial charge in [-0.15, -0.1) is 39.7 Å². The zero-order valence-electron chi connectivity index (χ0n) is 36.4. The first-order valence-electron chi connectivity index (χ1n) is 21.4. The molecule has 0 spiro atoms. The monoisotopic (exact) mass is 1010 g/mol. The van der Waals surface area contributed by atoms with Crippen molar-refractivity contribution >= 4 is 63.5 Å². The number of hydrogen-bond acceptors (Lipinski definition) is 0. The van der Waals surface area contributed by atoms with Crippen LogP contribution in [0.25, 0.3) is 65.3 Å². The minimum absolute atomic E-state index is 0.0554. The Morgan fingerprint density at radius 1 is 0.419 bits per heavy atom. The predicted octanol–water partition coefficient (Wildman–Crippen LogP) is 17.5. The summed E-state index contributed by atoms with van der Waals surface area (Å²) in [6, 6.07) is 73.4. The molecule has 0 aliphatic carbocycles. The van der Waals surface area contributed by atoms with Crippen molar-refractivity contribution in [3.05, 3.63) is 229 Å². The standard InChI is InChI=1S/C33H33.C21H14.C5H5.2ClH.Hf/c1-32(2,3)30-20-26-24(18-28(30)22-13-9-7-10-14-22)17-25-19-29(23-15-11-8-12-16-23)31(21-27(25)26)33(4,5)6;1-3-7-20-14-16(9-11-18(20)5-1)13-17-10-12-19-6-2-4-8-21(19)15-17;1-2-4-5-3-1;;;/h7-21H,1-6H3;1-12,14-15H;1-5H;2*1H;/q-1;;-1;;;+2/p-2. The molecule has 0 saturated heterocycles. The van der Waals surface area contributed by atoms with Crippen LogP contribution in [0.5, 0.6) is 0 Å². The molecule has 0 fully saturated rings. The molecule has 0 unspecified atom stereocenters. The predicted molar refractivity (Wildman–Crippen MR) is 270 cm³/mol. The van der Waals surface area contributed by atoms with Gasteiger partial charge < -0.3 is 0 Å². The van der Waals surface area contributed by atoms with Gasteiger partial charge in [-0.2, -0.15) is 18.2 Å². The summed E-state index contributed by atoms with van der Waals surface area (Å²) >= 11 is -2.81. The molecule has 0 nitrogen and oxygen atoms in total. The molecule has 0 heterocycles. The molecule has 10 aromatic carbocycles. The molecule has 0 radical (unpaired) electrons. The van der Waals surface area contributed by atoms with Crippen LogP contribution in [0, 0.1) is 0 Å². The molecule has 0 N–H and O–H groups in total. The molecule has 0 aliphatic heterocycles. The summed E-state index contributed by atoms with van der Waals surface area (Å²) in [5, 5.41) is 10.3. The van der Waals surface area contributed by atoms with Gasteiger partial charge in [-0.05, 0) is 44.2 Å². The number of rotatable bonds is 4. The van der Waals surface area contributed by atoms with E-state index >= 15 is 0 Å². The number of fused-ring (bicyclic) bond motifs is 5. The summed E-state index contributed by atoms with van der Waals surface area (Å²) in [4.78, 5) is 0. The van der Waals surface area contributed by atoms with E-state index in [0.717, 1.165) is 14.4 Å². The van der Waals surface area contributed by atoms with Gasteiger partial charge in [0.25, 0.3) is 0 Å². The van der Waals surface area contributed by atoms with Crippen LogP contribution in [0.1, 0.15) is 63.8 Å². The van der Waals surface area contributed by atoms with E-state index in [1.807, 2.05) is 30.3 Å². The van der Waals surface area contributed by atoms with Gasteiger partial charge in [-0.1, -0.05) is 114 Å². The van der Waals surface area contributed by atoms with E-state index in [9.17, 15) is 0 Å². The molecule has 3 heteroatoms. The third-order valence-corrected chi connectivity index (χ3v) is 18.1. The quantitative estimate of drug-likeness (QED) is 0.122. The van der Waals surface area contributed by atoms with Crippen LogP contribution in [-0.2, 0) is 29.4 Å². The minimum Gasteiger partial charge on any atom is -0.214 e. The van der Waals surface area contributed by atoms with Crippen LogP contribution < -0.4 is 0 Å². The first-order chi connectivity index (χ1) is 29.8. The smallest absolute Gasteiger partial charge is 0.172 e. The molecule has 10 aromatic rings. The minimum atomic E-state index is -2.81. The molecule has 62 heavy (non-hydrogen) atoms. The maximum atomic E-state index is 6.56. The van der Waals surface area contributed by atoms with E-state index in [-0.39, 0.29) is 10.8 Å². The number of halogens is 2. The van der Waals surface area contributed by atoms with Crippen molar-refractivity contribution < 1.29 is 18.6 Å². The Balaban J connectivity index is 0.000000159. The van der Waals surface area contributed by atoms with E-state index in [1.54, 1.807) is 0 Å². The van der Waals surface area contributed by atoms with Crippen LogP contribution >= 0.6 is 17.2 Å². The molecule has 0 aromatic heterocycles. The summed E-state index contributed by atoms with van der Waals surface area (Å²) in [5.41, 5.74) is 10.5. The first-order valence-corrected chi connectivity index (χ1v) is 32.1. The fraction of sp³-hybridized carbons (Fsp3) is 0.136. The van der Waals surface area contributed by atoms with Crippen molar-refractivity contribution in [3.8, 4) is 22.3 Å². The summed E-state index contributed by atoms with van der Waals surface area (Å²) in [7, 11) is 13.1. The summed E-state index contributed by atoms with van der Waals surface area (Å²) in [5.74, 6) is 0. The van der Waals surface area contributed by atoms with E-state index in [0.29, 0.717) is 0 Å². The van der Waals surface area contributed by atoms with Gasteiger partial charge in [-0.3, -0.25) is 0 Å². The largest absolute Gasteiger partial charge is 0.214 e. The fourth-order valence-corrected chi connectivity index (χ4v) is 14.7. The van der Waals surface area contributed by atoms with Crippen molar-refractivity contribution in [3.63, 3.8) is 0 Å². The van der Waals surface area contributed by atoms with Crippen LogP contribution in [0.15, 0.2) is 206 Å². The molecular formula is C59H52Cl2Hf-2. The van der Waals surface area contributed by atoms with E-state index in [1.165, 1.54) is 76.5 Å². The molecule has 0 atom stereocenters. The third kappa shape index (κ3) is 9.72. The van der Waals surface area contributed by atoms with Crippen molar-refractivity contribution in [2.24, 2.45) is 0 Å². The second-order valence-electron chi connectivity index (χ2n) is 18.1. The van der Waals surface area contributed by atoms with Gasteiger partial charge >= 0.3 is 157 Å². The Morgan fingerprint density at radius 3 is 1.16 bits per heavy atom. The Kier molecular flexibility index (Phi) is 13.1. The van der Waals surface area contributed by atoms with Crippen LogP contribution in [0.3, 0.4) is 0 Å². The van der Waals surface area contributed by atoms with Crippen molar-refractivity contribution in [2.75, 3.05) is 0 Å². The summed E-state index contributed by atoms with van der Waals surface area (Å²) < 4.78 is 1.15. The van der Waals surface area contributed by atoms with Crippen LogP contribution in [-0.4, -0.2) is 3.26 Å². The van der Waals surface area contributed by atoms with E-state index < -0.39 is 18.6 Å². The van der Waals surface area contributed by atoms with Crippen molar-refractivity contribution in [2.45, 2.75) is 52.4 Å². The normalized spacial score (nSPS) is 11.5. The molecule has 308 valence electrons. The van der Waals surface area contributed by atoms with Gasteiger partial charge in [0.2, 0.25) is 0 Å². The molecule has 0 amide bonds. The van der Waals surface area contributed by atoms with Gasteiger partial charge in [0.1, 0.15) is 0 Å². The van der Waals surface area contributed by atoms with Gasteiger partial charge in [0.15, 0.2) is 0 Å². The molecule has 0 aliphatic rings. The molecule has 10 rings (SSSR count). The maximum absolute atomic E-state index is 6.56. The van der Waals surface area contributed by atoms with E-state index in [2.05, 4.69) is 217 Å². The first kappa shape index (κ1) is 43.5. The van der Waals surface area contributed by atoms with Gasteiger partial charge in [0.05, 0.1) is 0 Å². The SMILES string of the molecule is CC(C)(C)c1cc2c(cc1-c1ccccc1)[cH-]c1cc(-c3ccccc3)c(C(C)(C)C)cc12.[Cl][Hf]([Cl])=[C](c1ccc2ccccc2c1)c1ccc2ccccc2c1.c1cc[cH-]c1. The maximum Gasteiger partial charge on any atom is -0.172 e. The molecule has 0 bridgehead atoms. The Bertz CT molecular complexity index is 2920. The summed E-state index contributed by atoms with van der Waals surface area (Å²) in [6.45, 7) is 13.9. The van der Waals surface area contributed by atoms with Gasteiger partial charge in [-0.25, -0.2) is 12.1 Å². The topological polar surface area (TPSA) is 0 Å².